The molecule has 252 valence electrons. The SMILES string of the molecule is COc1cc(C=CC2C3=CCC4C(=O)N(c5ccc(Nc6ccccc6)cc5)C(=O)C4C3CC3(Cl)C(=O)N(C)C(=O)C23Cl)cc(OC)c1O. The van der Waals surface area contributed by atoms with Crippen molar-refractivity contribution in [3.05, 3.63) is 90.0 Å². The zero-order chi connectivity index (χ0) is 34.8. The van der Waals surface area contributed by atoms with Gasteiger partial charge in [0.25, 0.3) is 11.8 Å². The number of para-hydroxylation sites is 1. The van der Waals surface area contributed by atoms with Crippen molar-refractivity contribution in [2.45, 2.75) is 22.6 Å². The van der Waals surface area contributed by atoms with Gasteiger partial charge in [-0.05, 0) is 72.9 Å². The van der Waals surface area contributed by atoms with Crippen LogP contribution in [-0.4, -0.2) is 64.7 Å². The second kappa shape index (κ2) is 12.0. The van der Waals surface area contributed by atoms with Gasteiger partial charge in [-0.3, -0.25) is 29.0 Å². The molecule has 0 radical (unpaired) electrons. The Bertz CT molecular complexity index is 1920. The summed E-state index contributed by atoms with van der Waals surface area (Å²) in [4.78, 5) is 54.0. The first-order chi connectivity index (χ1) is 23.4. The summed E-state index contributed by atoms with van der Waals surface area (Å²) in [5, 5.41) is 13.7. The van der Waals surface area contributed by atoms with Gasteiger partial charge in [0, 0.05) is 24.3 Å². The zero-order valence-electron chi connectivity index (χ0n) is 26.9. The number of ether oxygens (including phenoxy) is 2. The van der Waals surface area contributed by atoms with Crippen molar-refractivity contribution in [1.29, 1.82) is 0 Å². The number of phenolic OH excluding ortho intramolecular Hbond substituents is 1. The number of benzene rings is 3. The summed E-state index contributed by atoms with van der Waals surface area (Å²) in [6, 6.07) is 19.8. The molecule has 2 heterocycles. The van der Waals surface area contributed by atoms with Gasteiger partial charge in [-0.2, -0.15) is 0 Å². The summed E-state index contributed by atoms with van der Waals surface area (Å²) in [6.45, 7) is 0. The molecule has 12 heteroatoms. The molecule has 2 aliphatic heterocycles. The molecule has 3 aromatic carbocycles. The van der Waals surface area contributed by atoms with E-state index in [-0.39, 0.29) is 36.0 Å². The van der Waals surface area contributed by atoms with Crippen molar-refractivity contribution in [3.8, 4) is 17.2 Å². The molecule has 0 aromatic heterocycles. The number of likely N-dealkylation sites (tertiary alicyclic amines) is 1. The highest BCUT2D eigenvalue weighted by molar-refractivity contribution is 6.53. The monoisotopic (exact) mass is 701 g/mol. The fourth-order valence-corrected chi connectivity index (χ4v) is 8.82. The van der Waals surface area contributed by atoms with Crippen LogP contribution in [0.3, 0.4) is 0 Å². The molecule has 3 fully saturated rings. The summed E-state index contributed by atoms with van der Waals surface area (Å²) < 4.78 is 10.6. The molecule has 7 rings (SSSR count). The van der Waals surface area contributed by atoms with E-state index < -0.39 is 51.1 Å². The zero-order valence-corrected chi connectivity index (χ0v) is 28.4. The summed E-state index contributed by atoms with van der Waals surface area (Å²) in [5.41, 5.74) is 3.34. The Morgan fingerprint density at radius 1 is 0.878 bits per heavy atom. The molecule has 1 saturated carbocycles. The molecule has 3 aromatic rings. The highest BCUT2D eigenvalue weighted by atomic mass is 35.5. The number of halogens is 2. The summed E-state index contributed by atoms with van der Waals surface area (Å²) >= 11 is 14.4. The second-order valence-electron chi connectivity index (χ2n) is 12.7. The van der Waals surface area contributed by atoms with Crippen LogP contribution in [-0.2, 0) is 19.2 Å². The molecule has 10 nitrogen and oxygen atoms in total. The lowest BCUT2D eigenvalue weighted by Crippen LogP contribution is -2.60. The second-order valence-corrected chi connectivity index (χ2v) is 14.0. The molecular weight excluding hydrogens is 669 g/mol. The smallest absolute Gasteiger partial charge is 0.253 e. The maximum atomic E-state index is 14.3. The number of carbonyl (C=O) groups excluding carboxylic acids is 4. The van der Waals surface area contributed by atoms with Crippen molar-refractivity contribution in [1.82, 2.24) is 4.90 Å². The van der Waals surface area contributed by atoms with Gasteiger partial charge in [0.15, 0.2) is 21.2 Å². The normalized spacial score (nSPS) is 29.1. The predicted molar refractivity (Wildman–Crippen MR) is 185 cm³/mol. The number of anilines is 3. The van der Waals surface area contributed by atoms with Crippen LogP contribution in [0.5, 0.6) is 17.2 Å². The van der Waals surface area contributed by atoms with Crippen molar-refractivity contribution in [3.63, 3.8) is 0 Å². The predicted octanol–water partition coefficient (Wildman–Crippen LogP) is 5.89. The number of hydrogen-bond donors (Lipinski definition) is 2. The number of phenols is 1. The minimum atomic E-state index is -1.90. The summed E-state index contributed by atoms with van der Waals surface area (Å²) in [5.74, 6) is -4.93. The maximum Gasteiger partial charge on any atom is 0.253 e. The number of imide groups is 2. The number of amides is 4. The Morgan fingerprint density at radius 2 is 1.51 bits per heavy atom. The average molecular weight is 703 g/mol. The van der Waals surface area contributed by atoms with Crippen LogP contribution >= 0.6 is 23.2 Å². The number of alkyl halides is 2. The van der Waals surface area contributed by atoms with Crippen LogP contribution in [0.1, 0.15) is 18.4 Å². The lowest BCUT2D eigenvalue weighted by molar-refractivity contribution is -0.138. The van der Waals surface area contributed by atoms with E-state index >= 15 is 0 Å². The molecule has 4 aliphatic rings. The fraction of sp³-hybridized carbons (Fsp3) is 0.297. The van der Waals surface area contributed by atoms with Crippen LogP contribution in [0, 0.1) is 23.7 Å². The van der Waals surface area contributed by atoms with Crippen LogP contribution < -0.4 is 19.7 Å². The Labute approximate surface area is 292 Å². The first-order valence-corrected chi connectivity index (χ1v) is 16.5. The van der Waals surface area contributed by atoms with E-state index in [0.717, 1.165) is 16.3 Å². The van der Waals surface area contributed by atoms with Crippen LogP contribution in [0.25, 0.3) is 6.08 Å². The molecular formula is C37H33Cl2N3O7. The van der Waals surface area contributed by atoms with Gasteiger partial charge >= 0.3 is 0 Å². The molecule has 6 atom stereocenters. The fourth-order valence-electron chi connectivity index (χ4n) is 7.85. The number of aromatic hydroxyl groups is 1. The standard InChI is InChI=1S/C37H33Cl2N3O7/c1-41-34(46)36(38)19-26-24(27(37(36,39)35(41)47)16-9-20-17-28(48-2)31(43)29(18-20)49-3)14-15-25-30(26)33(45)42(32(25)44)23-12-10-22(11-13-23)40-21-7-5-4-6-8-21/h4-14,16-18,25-27,30,40,43H,15,19H2,1-3H3. The van der Waals surface area contributed by atoms with E-state index in [0.29, 0.717) is 16.8 Å². The van der Waals surface area contributed by atoms with Crippen molar-refractivity contribution < 1.29 is 33.8 Å². The van der Waals surface area contributed by atoms with E-state index in [1.165, 1.54) is 26.2 Å². The minimum absolute atomic E-state index is 0.0992. The van der Waals surface area contributed by atoms with Gasteiger partial charge in [-0.25, -0.2) is 0 Å². The maximum absolute atomic E-state index is 14.3. The third kappa shape index (κ3) is 4.83. The van der Waals surface area contributed by atoms with E-state index in [2.05, 4.69) is 5.32 Å². The topological polar surface area (TPSA) is 125 Å². The van der Waals surface area contributed by atoms with Gasteiger partial charge in [-0.1, -0.05) is 42.0 Å². The third-order valence-corrected chi connectivity index (χ3v) is 11.7. The Morgan fingerprint density at radius 3 is 2.14 bits per heavy atom. The number of nitrogens with one attached hydrogen (secondary N) is 1. The van der Waals surface area contributed by atoms with Gasteiger partial charge in [0.05, 0.1) is 31.7 Å². The Kier molecular flexibility index (Phi) is 7.99. The third-order valence-electron chi connectivity index (χ3n) is 10.2. The largest absolute Gasteiger partial charge is 0.502 e. The molecule has 6 unspecified atom stereocenters. The van der Waals surface area contributed by atoms with Crippen molar-refractivity contribution in [2.75, 3.05) is 31.5 Å². The van der Waals surface area contributed by atoms with Gasteiger partial charge < -0.3 is 19.9 Å². The molecule has 2 N–H and O–H groups in total. The summed E-state index contributed by atoms with van der Waals surface area (Å²) in [6.07, 6.45) is 5.39. The first kappa shape index (κ1) is 32.7. The Balaban J connectivity index is 1.25. The number of nitrogens with zero attached hydrogens (tertiary/aromatic N) is 2. The van der Waals surface area contributed by atoms with Gasteiger partial charge in [-0.15, -0.1) is 23.2 Å². The Hall–Kier alpha value is -4.80. The lowest BCUT2D eigenvalue weighted by atomic mass is 9.57. The highest BCUT2D eigenvalue weighted by Crippen LogP contribution is 2.63. The van der Waals surface area contributed by atoms with E-state index in [1.54, 1.807) is 48.6 Å². The number of rotatable bonds is 7. The molecule has 2 saturated heterocycles. The number of fused-ring (bicyclic) bond motifs is 4. The van der Waals surface area contributed by atoms with Crippen molar-refractivity contribution >= 4 is 70.0 Å². The van der Waals surface area contributed by atoms with E-state index in [9.17, 15) is 24.3 Å². The highest BCUT2D eigenvalue weighted by Gasteiger charge is 2.75. The first-order valence-electron chi connectivity index (χ1n) is 15.8. The van der Waals surface area contributed by atoms with Gasteiger partial charge in [0.2, 0.25) is 17.6 Å². The van der Waals surface area contributed by atoms with Crippen LogP contribution in [0.15, 0.2) is 84.5 Å². The molecule has 2 aliphatic carbocycles. The molecule has 49 heavy (non-hydrogen) atoms. The molecule has 4 amide bonds. The number of allylic oxidation sites excluding steroid dienone is 3. The van der Waals surface area contributed by atoms with Gasteiger partial charge in [0.1, 0.15) is 0 Å². The number of hydrogen-bond acceptors (Lipinski definition) is 8. The minimum Gasteiger partial charge on any atom is -0.502 e. The van der Waals surface area contributed by atoms with Crippen LogP contribution in [0.2, 0.25) is 0 Å². The lowest BCUT2D eigenvalue weighted by Gasteiger charge is -2.49. The molecule has 0 spiro atoms. The number of methoxy groups -OCH3 is 2. The summed E-state index contributed by atoms with van der Waals surface area (Å²) in [7, 11) is 4.16. The quantitative estimate of drug-likeness (QED) is 0.178. The number of carbonyl (C=O) groups is 4. The van der Waals surface area contributed by atoms with E-state index in [4.69, 9.17) is 32.7 Å². The average Bonchev–Trinajstić information content (AvgIpc) is 3.43. The van der Waals surface area contributed by atoms with E-state index in [1.807, 2.05) is 36.4 Å². The molecule has 0 bridgehead atoms. The van der Waals surface area contributed by atoms with Crippen LogP contribution in [0.4, 0.5) is 17.1 Å². The van der Waals surface area contributed by atoms with Crippen molar-refractivity contribution in [2.24, 2.45) is 23.7 Å².